The number of fused-ring (bicyclic) bond motifs is 5. The number of rotatable bonds is 5. The van der Waals surface area contributed by atoms with Gasteiger partial charge in [0.2, 0.25) is 0 Å². The Hall–Kier alpha value is -6.91. The molecule has 0 amide bonds. The second kappa shape index (κ2) is 12.4. The van der Waals surface area contributed by atoms with Gasteiger partial charge in [-0.2, -0.15) is 0 Å². The summed E-state index contributed by atoms with van der Waals surface area (Å²) < 4.78 is 6.42. The van der Waals surface area contributed by atoms with Gasteiger partial charge in [0, 0.05) is 27.5 Å². The summed E-state index contributed by atoms with van der Waals surface area (Å²) in [6, 6.07) is 52.6. The Morgan fingerprint density at radius 3 is 1.65 bits per heavy atom. The van der Waals surface area contributed by atoms with Gasteiger partial charge in [0.15, 0.2) is 17.5 Å². The highest BCUT2D eigenvalue weighted by atomic mass is 16.3. The molecule has 52 heavy (non-hydrogen) atoms. The van der Waals surface area contributed by atoms with Crippen molar-refractivity contribution in [1.82, 2.24) is 15.0 Å². The third-order valence-corrected chi connectivity index (χ3v) is 9.94. The molecule has 0 unspecified atom stereocenters. The lowest BCUT2D eigenvalue weighted by Gasteiger charge is -2.15. The van der Waals surface area contributed by atoms with Gasteiger partial charge in [-0.1, -0.05) is 140 Å². The van der Waals surface area contributed by atoms with Crippen LogP contribution in [-0.4, -0.2) is 15.0 Å². The van der Waals surface area contributed by atoms with Crippen molar-refractivity contribution in [2.45, 2.75) is 6.42 Å². The summed E-state index contributed by atoms with van der Waals surface area (Å²) in [5.41, 5.74) is 9.20. The van der Waals surface area contributed by atoms with Gasteiger partial charge in [0.1, 0.15) is 11.2 Å². The molecule has 2 aromatic heterocycles. The number of nitrogens with zero attached hydrogens (tertiary/aromatic N) is 3. The zero-order valence-corrected chi connectivity index (χ0v) is 28.2. The highest BCUT2D eigenvalue weighted by Gasteiger charge is 2.18. The van der Waals surface area contributed by atoms with Crippen LogP contribution in [0, 0.1) is 0 Å². The Bertz CT molecular complexity index is 2860. The number of aromatic nitrogens is 3. The van der Waals surface area contributed by atoms with E-state index in [9.17, 15) is 0 Å². The van der Waals surface area contributed by atoms with Crippen molar-refractivity contribution in [3.63, 3.8) is 0 Å². The number of benzene rings is 7. The molecular weight excluding hydrogens is 635 g/mol. The van der Waals surface area contributed by atoms with E-state index in [4.69, 9.17) is 19.4 Å². The maximum absolute atomic E-state index is 6.42. The monoisotopic (exact) mass is 665 g/mol. The van der Waals surface area contributed by atoms with Crippen molar-refractivity contribution in [2.24, 2.45) is 0 Å². The SMILES string of the molecule is C1=CC(c2ccc3c(c2)oc2cc4ccccc4cc23)=CC=C(c2cc3ccccc3cc2-c2nc(-c3ccccc3)nc(-c3ccccc3)n2)C1. The first-order valence-corrected chi connectivity index (χ1v) is 17.6. The molecule has 244 valence electrons. The Labute approximate surface area is 300 Å². The van der Waals surface area contributed by atoms with Gasteiger partial charge in [-0.05, 0) is 86.6 Å². The molecule has 2 heterocycles. The van der Waals surface area contributed by atoms with Crippen LogP contribution in [0.5, 0.6) is 0 Å². The van der Waals surface area contributed by atoms with Crippen LogP contribution in [0.3, 0.4) is 0 Å². The van der Waals surface area contributed by atoms with E-state index in [-0.39, 0.29) is 0 Å². The van der Waals surface area contributed by atoms with E-state index in [1.54, 1.807) is 0 Å². The number of hydrogen-bond donors (Lipinski definition) is 0. The topological polar surface area (TPSA) is 51.8 Å². The minimum Gasteiger partial charge on any atom is -0.456 e. The van der Waals surface area contributed by atoms with Gasteiger partial charge >= 0.3 is 0 Å². The van der Waals surface area contributed by atoms with Crippen LogP contribution in [0.2, 0.25) is 0 Å². The van der Waals surface area contributed by atoms with Crippen LogP contribution in [-0.2, 0) is 0 Å². The van der Waals surface area contributed by atoms with Gasteiger partial charge in [-0.3, -0.25) is 0 Å². The van der Waals surface area contributed by atoms with Crippen LogP contribution in [0.25, 0.3) is 88.8 Å². The summed E-state index contributed by atoms with van der Waals surface area (Å²) in [5.74, 6) is 1.94. The van der Waals surface area contributed by atoms with E-state index in [2.05, 4.69) is 115 Å². The Balaban J connectivity index is 1.10. The molecule has 0 saturated heterocycles. The number of hydrogen-bond acceptors (Lipinski definition) is 4. The van der Waals surface area contributed by atoms with Crippen LogP contribution < -0.4 is 0 Å². The molecule has 0 fully saturated rings. The van der Waals surface area contributed by atoms with Gasteiger partial charge < -0.3 is 4.42 Å². The summed E-state index contributed by atoms with van der Waals surface area (Å²) in [7, 11) is 0. The summed E-state index contributed by atoms with van der Waals surface area (Å²) in [4.78, 5) is 15.2. The van der Waals surface area contributed by atoms with E-state index in [0.717, 1.165) is 67.1 Å². The molecule has 0 N–H and O–H groups in total. The van der Waals surface area contributed by atoms with Crippen molar-refractivity contribution in [1.29, 1.82) is 0 Å². The molecule has 7 aromatic carbocycles. The molecule has 1 aliphatic carbocycles. The molecule has 0 atom stereocenters. The van der Waals surface area contributed by atoms with E-state index in [1.807, 2.05) is 60.7 Å². The largest absolute Gasteiger partial charge is 0.456 e. The lowest BCUT2D eigenvalue weighted by atomic mass is 9.93. The average molecular weight is 666 g/mol. The fourth-order valence-electron chi connectivity index (χ4n) is 7.28. The fraction of sp³-hybridized carbons (Fsp3) is 0.0208. The number of furan rings is 1. The summed E-state index contributed by atoms with van der Waals surface area (Å²) in [6.07, 6.45) is 9.68. The van der Waals surface area contributed by atoms with Crippen molar-refractivity contribution in [2.75, 3.05) is 0 Å². The molecule has 0 saturated carbocycles. The van der Waals surface area contributed by atoms with Crippen LogP contribution in [0.15, 0.2) is 180 Å². The first kappa shape index (κ1) is 30.0. The van der Waals surface area contributed by atoms with Crippen LogP contribution >= 0.6 is 0 Å². The zero-order chi connectivity index (χ0) is 34.4. The molecule has 4 heteroatoms. The highest BCUT2D eigenvalue weighted by molar-refractivity contribution is 6.10. The zero-order valence-electron chi connectivity index (χ0n) is 28.2. The summed E-state index contributed by atoms with van der Waals surface area (Å²) in [5, 5.41) is 6.97. The molecule has 0 bridgehead atoms. The van der Waals surface area contributed by atoms with E-state index in [1.165, 1.54) is 21.7 Å². The quantitative estimate of drug-likeness (QED) is 0.184. The van der Waals surface area contributed by atoms with Crippen LogP contribution in [0.4, 0.5) is 0 Å². The third kappa shape index (κ3) is 5.38. The van der Waals surface area contributed by atoms with Gasteiger partial charge in [0.25, 0.3) is 0 Å². The molecular formula is C48H31N3O. The molecule has 0 aliphatic heterocycles. The van der Waals surface area contributed by atoms with E-state index < -0.39 is 0 Å². The lowest BCUT2D eigenvalue weighted by Crippen LogP contribution is -2.02. The summed E-state index contributed by atoms with van der Waals surface area (Å²) >= 11 is 0. The highest BCUT2D eigenvalue weighted by Crippen LogP contribution is 2.38. The smallest absolute Gasteiger partial charge is 0.164 e. The minimum absolute atomic E-state index is 0.648. The Morgan fingerprint density at radius 1 is 0.423 bits per heavy atom. The van der Waals surface area contributed by atoms with Crippen molar-refractivity contribution < 1.29 is 4.42 Å². The molecule has 0 spiro atoms. The Kier molecular flexibility index (Phi) is 7.17. The summed E-state index contributed by atoms with van der Waals surface area (Å²) in [6.45, 7) is 0. The lowest BCUT2D eigenvalue weighted by molar-refractivity contribution is 0.669. The van der Waals surface area contributed by atoms with Gasteiger partial charge in [0.05, 0.1) is 0 Å². The maximum atomic E-state index is 6.42. The fourth-order valence-corrected chi connectivity index (χ4v) is 7.28. The molecule has 4 nitrogen and oxygen atoms in total. The first-order valence-electron chi connectivity index (χ1n) is 17.6. The normalized spacial score (nSPS) is 13.1. The van der Waals surface area contributed by atoms with E-state index in [0.29, 0.717) is 17.5 Å². The second-order valence-corrected chi connectivity index (χ2v) is 13.2. The van der Waals surface area contributed by atoms with Crippen molar-refractivity contribution in [3.8, 4) is 34.2 Å². The van der Waals surface area contributed by atoms with E-state index >= 15 is 0 Å². The predicted molar refractivity (Wildman–Crippen MR) is 215 cm³/mol. The van der Waals surface area contributed by atoms with Gasteiger partial charge in [-0.25, -0.2) is 15.0 Å². The molecule has 10 rings (SSSR count). The third-order valence-electron chi connectivity index (χ3n) is 9.94. The standard InChI is InChI=1S/C48H31N3O/c1-3-12-33(13-4-1)46-49-47(34-14-5-2-6-15-34)51-48(50-46)43-28-37-18-8-7-16-35(37)26-41(43)32-21-11-20-31(22-23-32)39-24-25-40-42-27-36-17-9-10-19-38(36)29-45(42)52-44(40)30-39/h1-20,22-30H,21H2. The minimum atomic E-state index is 0.648. The first-order chi connectivity index (χ1) is 25.7. The van der Waals surface area contributed by atoms with Gasteiger partial charge in [-0.15, -0.1) is 0 Å². The van der Waals surface area contributed by atoms with Crippen molar-refractivity contribution >= 4 is 54.6 Å². The molecule has 0 radical (unpaired) electrons. The second-order valence-electron chi connectivity index (χ2n) is 13.2. The molecule has 9 aromatic rings. The van der Waals surface area contributed by atoms with Crippen molar-refractivity contribution in [3.05, 3.63) is 187 Å². The average Bonchev–Trinajstić information content (AvgIpc) is 3.37. The predicted octanol–water partition coefficient (Wildman–Crippen LogP) is 12.5. The number of allylic oxidation sites excluding steroid dienone is 6. The maximum Gasteiger partial charge on any atom is 0.164 e. The Morgan fingerprint density at radius 2 is 0.981 bits per heavy atom. The molecule has 1 aliphatic rings. The van der Waals surface area contributed by atoms with Crippen LogP contribution in [0.1, 0.15) is 17.5 Å².